The molecule has 0 nitrogen and oxygen atoms in total. The van der Waals surface area contributed by atoms with Crippen LogP contribution in [0.5, 0.6) is 0 Å². The fourth-order valence-electron chi connectivity index (χ4n) is 1.19. The molecule has 1 rings (SSSR count). The van der Waals surface area contributed by atoms with Gasteiger partial charge in [0.05, 0.1) is 0 Å². The zero-order valence-electron chi connectivity index (χ0n) is 8.02. The molecule has 1 aromatic carbocycles. The smallest absolute Gasteiger partial charge is 0.0204 e. The largest absolute Gasteiger partial charge is 0.107 e. The van der Waals surface area contributed by atoms with Crippen LogP contribution < -0.4 is 0 Å². The van der Waals surface area contributed by atoms with Crippen molar-refractivity contribution in [2.24, 2.45) is 0 Å². The minimum atomic E-state index is 0.956. The van der Waals surface area contributed by atoms with E-state index in [4.69, 9.17) is 0 Å². The van der Waals surface area contributed by atoms with E-state index in [1.165, 1.54) is 15.6 Å². The maximum absolute atomic E-state index is 3.48. The zero-order valence-corrected chi connectivity index (χ0v) is 9.61. The van der Waals surface area contributed by atoms with Crippen LogP contribution >= 0.6 is 15.9 Å². The van der Waals surface area contributed by atoms with E-state index in [0.717, 1.165) is 12.8 Å². The average Bonchev–Trinajstić information content (AvgIpc) is 2.12. The molecule has 0 saturated carbocycles. The molecule has 0 fully saturated rings. The van der Waals surface area contributed by atoms with Gasteiger partial charge in [0.15, 0.2) is 0 Å². The molecular weight excluding hydrogens is 224 g/mol. The molecule has 0 unspecified atom stereocenters. The van der Waals surface area contributed by atoms with Crippen molar-refractivity contribution in [3.8, 4) is 11.8 Å². The van der Waals surface area contributed by atoms with E-state index >= 15 is 0 Å². The van der Waals surface area contributed by atoms with E-state index in [0.29, 0.717) is 0 Å². The van der Waals surface area contributed by atoms with Crippen LogP contribution in [0.25, 0.3) is 0 Å². The second-order valence-electron chi connectivity index (χ2n) is 3.01. The molecule has 0 aliphatic heterocycles. The Bertz CT molecular complexity index is 342. The van der Waals surface area contributed by atoms with Crippen LogP contribution in [0.1, 0.15) is 24.5 Å². The van der Waals surface area contributed by atoms with Crippen molar-refractivity contribution in [1.82, 2.24) is 0 Å². The van der Waals surface area contributed by atoms with Gasteiger partial charge in [-0.3, -0.25) is 0 Å². The number of hydrogen-bond acceptors (Lipinski definition) is 0. The molecule has 0 atom stereocenters. The lowest BCUT2D eigenvalue weighted by atomic mass is 10.1. The zero-order chi connectivity index (χ0) is 9.68. The summed E-state index contributed by atoms with van der Waals surface area (Å²) >= 11 is 3.48. The Morgan fingerprint density at radius 3 is 2.77 bits per heavy atom. The Kier molecular flexibility index (Phi) is 4.05. The molecule has 0 spiro atoms. The number of rotatable bonds is 2. The third-order valence-electron chi connectivity index (χ3n) is 1.94. The lowest BCUT2D eigenvalue weighted by molar-refractivity contribution is 1.02. The minimum Gasteiger partial charge on any atom is -0.107 e. The summed E-state index contributed by atoms with van der Waals surface area (Å²) in [4.78, 5) is 0. The summed E-state index contributed by atoms with van der Waals surface area (Å²) in [6, 6.07) is 6.46. The van der Waals surface area contributed by atoms with Gasteiger partial charge in [-0.25, -0.2) is 0 Å². The summed E-state index contributed by atoms with van der Waals surface area (Å²) in [6.45, 7) is 3.99. The first-order valence-corrected chi connectivity index (χ1v) is 5.18. The minimum absolute atomic E-state index is 0.956. The third kappa shape index (κ3) is 3.24. The van der Waals surface area contributed by atoms with Gasteiger partial charge in [-0.05, 0) is 37.5 Å². The number of halogens is 1. The first-order chi connectivity index (χ1) is 6.24. The van der Waals surface area contributed by atoms with Crippen molar-refractivity contribution in [2.45, 2.75) is 26.7 Å². The number of hydrogen-bond donors (Lipinski definition) is 0. The lowest BCUT2D eigenvalue weighted by Crippen LogP contribution is -1.85. The Balaban J connectivity index is 2.66. The Hall–Kier alpha value is -0.740. The van der Waals surface area contributed by atoms with Crippen molar-refractivity contribution in [3.05, 3.63) is 33.8 Å². The molecule has 0 aliphatic rings. The summed E-state index contributed by atoms with van der Waals surface area (Å²) in [6.07, 6.45) is 2.01. The normalized spacial score (nSPS) is 9.15. The molecule has 1 heteroatoms. The molecule has 13 heavy (non-hydrogen) atoms. The highest BCUT2D eigenvalue weighted by Crippen LogP contribution is 2.17. The highest BCUT2D eigenvalue weighted by atomic mass is 79.9. The van der Waals surface area contributed by atoms with E-state index in [1.54, 1.807) is 0 Å². The van der Waals surface area contributed by atoms with E-state index < -0.39 is 0 Å². The van der Waals surface area contributed by atoms with Gasteiger partial charge >= 0.3 is 0 Å². The van der Waals surface area contributed by atoms with Crippen molar-refractivity contribution < 1.29 is 0 Å². The molecule has 0 aliphatic carbocycles. The van der Waals surface area contributed by atoms with E-state index in [2.05, 4.69) is 52.9 Å². The first-order valence-electron chi connectivity index (χ1n) is 4.38. The molecule has 0 radical (unpaired) electrons. The van der Waals surface area contributed by atoms with E-state index in [-0.39, 0.29) is 0 Å². The first kappa shape index (κ1) is 10.3. The van der Waals surface area contributed by atoms with E-state index in [9.17, 15) is 0 Å². The maximum Gasteiger partial charge on any atom is 0.0204 e. The molecule has 1 aromatic rings. The Morgan fingerprint density at radius 2 is 2.15 bits per heavy atom. The quantitative estimate of drug-likeness (QED) is 0.688. The maximum atomic E-state index is 3.48. The van der Waals surface area contributed by atoms with Gasteiger partial charge in [0.2, 0.25) is 0 Å². The van der Waals surface area contributed by atoms with Crippen molar-refractivity contribution in [2.75, 3.05) is 0 Å². The molecule has 0 amide bonds. The summed E-state index contributed by atoms with van der Waals surface area (Å²) in [5, 5.41) is 0. The van der Waals surface area contributed by atoms with Gasteiger partial charge in [-0.15, -0.1) is 11.8 Å². The van der Waals surface area contributed by atoms with Crippen molar-refractivity contribution >= 4 is 15.9 Å². The molecule has 0 bridgehead atoms. The van der Waals surface area contributed by atoms with Crippen LogP contribution in [0.2, 0.25) is 0 Å². The third-order valence-corrected chi connectivity index (χ3v) is 2.83. The fourth-order valence-corrected chi connectivity index (χ4v) is 1.44. The van der Waals surface area contributed by atoms with Crippen LogP contribution in [0.15, 0.2) is 22.7 Å². The summed E-state index contributed by atoms with van der Waals surface area (Å²) in [7, 11) is 0. The second-order valence-corrected chi connectivity index (χ2v) is 3.86. The number of benzene rings is 1. The standard InChI is InChI=1S/C12H13Br/c1-3-4-5-6-11-7-8-12(13)10(2)9-11/h7-9H,5-6H2,1-2H3. The fraction of sp³-hybridized carbons (Fsp3) is 0.333. The molecule has 0 N–H and O–H groups in total. The number of aryl methyl sites for hydroxylation is 2. The Labute approximate surface area is 88.5 Å². The topological polar surface area (TPSA) is 0 Å². The van der Waals surface area contributed by atoms with Gasteiger partial charge in [0.1, 0.15) is 0 Å². The SMILES string of the molecule is CC#CCCc1ccc(Br)c(C)c1. The van der Waals surface area contributed by atoms with Crippen molar-refractivity contribution in [3.63, 3.8) is 0 Å². The Morgan fingerprint density at radius 1 is 1.38 bits per heavy atom. The van der Waals surface area contributed by atoms with Gasteiger partial charge < -0.3 is 0 Å². The monoisotopic (exact) mass is 236 g/mol. The van der Waals surface area contributed by atoms with Crippen LogP contribution in [-0.4, -0.2) is 0 Å². The van der Waals surface area contributed by atoms with Crippen molar-refractivity contribution in [1.29, 1.82) is 0 Å². The molecule has 0 heterocycles. The van der Waals surface area contributed by atoms with Gasteiger partial charge in [0, 0.05) is 10.9 Å². The van der Waals surface area contributed by atoms with Crippen LogP contribution in [0, 0.1) is 18.8 Å². The van der Waals surface area contributed by atoms with Gasteiger partial charge in [-0.1, -0.05) is 28.1 Å². The van der Waals surface area contributed by atoms with Crippen LogP contribution in [0.4, 0.5) is 0 Å². The second kappa shape index (κ2) is 5.09. The molecule has 0 aromatic heterocycles. The predicted molar refractivity (Wildman–Crippen MR) is 60.7 cm³/mol. The molecule has 68 valence electrons. The summed E-state index contributed by atoms with van der Waals surface area (Å²) < 4.78 is 1.18. The summed E-state index contributed by atoms with van der Waals surface area (Å²) in [5.74, 6) is 5.97. The highest BCUT2D eigenvalue weighted by molar-refractivity contribution is 9.10. The van der Waals surface area contributed by atoms with E-state index in [1.807, 2.05) is 6.92 Å². The predicted octanol–water partition coefficient (Wildman–Crippen LogP) is 3.71. The van der Waals surface area contributed by atoms with Gasteiger partial charge in [-0.2, -0.15) is 0 Å². The average molecular weight is 237 g/mol. The highest BCUT2D eigenvalue weighted by Gasteiger charge is 1.95. The summed E-state index contributed by atoms with van der Waals surface area (Å²) in [5.41, 5.74) is 2.66. The van der Waals surface area contributed by atoms with Crippen LogP contribution in [-0.2, 0) is 6.42 Å². The lowest BCUT2D eigenvalue weighted by Gasteiger charge is -2.01. The van der Waals surface area contributed by atoms with Crippen LogP contribution in [0.3, 0.4) is 0 Å². The molecule has 0 saturated heterocycles. The van der Waals surface area contributed by atoms with Gasteiger partial charge in [0.25, 0.3) is 0 Å². The molecular formula is C12H13Br.